The summed E-state index contributed by atoms with van der Waals surface area (Å²) >= 11 is 9.26. The Balaban J connectivity index is 2.37. The first-order chi connectivity index (χ1) is 9.44. The molecule has 0 radical (unpaired) electrons. The van der Waals surface area contributed by atoms with Crippen LogP contribution in [0.3, 0.4) is 0 Å². The molecule has 0 spiro atoms. The van der Waals surface area contributed by atoms with Crippen LogP contribution in [0.15, 0.2) is 46.9 Å². The summed E-state index contributed by atoms with van der Waals surface area (Å²) in [5.74, 6) is -0.372. The van der Waals surface area contributed by atoms with Crippen molar-refractivity contribution >= 4 is 33.2 Å². The topological polar surface area (TPSA) is 35.8 Å². The third-order valence-electron chi connectivity index (χ3n) is 2.94. The van der Waals surface area contributed by atoms with E-state index in [1.807, 2.05) is 0 Å². The number of nitriles is 1. The van der Waals surface area contributed by atoms with E-state index >= 15 is 0 Å². The van der Waals surface area contributed by atoms with E-state index in [4.69, 9.17) is 11.6 Å². The summed E-state index contributed by atoms with van der Waals surface area (Å²) in [6.07, 6.45) is 0. The van der Waals surface area contributed by atoms with Gasteiger partial charge in [0.2, 0.25) is 0 Å². The summed E-state index contributed by atoms with van der Waals surface area (Å²) in [5.41, 5.74) is 0.246. The molecule has 0 amide bonds. The first-order valence-electron chi connectivity index (χ1n) is 5.85. The number of nitrogens with zero attached hydrogens (tertiary/aromatic N) is 1. The summed E-state index contributed by atoms with van der Waals surface area (Å²) < 4.78 is 14.1. The van der Waals surface area contributed by atoms with Gasteiger partial charge in [-0.05, 0) is 58.7 Å². The lowest BCUT2D eigenvalue weighted by Crippen LogP contribution is -2.30. The van der Waals surface area contributed by atoms with Gasteiger partial charge in [0.1, 0.15) is 11.4 Å². The van der Waals surface area contributed by atoms with Crippen LogP contribution in [0, 0.1) is 17.1 Å². The summed E-state index contributed by atoms with van der Waals surface area (Å²) in [4.78, 5) is 0. The van der Waals surface area contributed by atoms with E-state index in [0.29, 0.717) is 10.6 Å². The van der Waals surface area contributed by atoms with Crippen molar-refractivity contribution in [3.8, 4) is 6.07 Å². The molecule has 5 heteroatoms. The van der Waals surface area contributed by atoms with Gasteiger partial charge in [-0.15, -0.1) is 0 Å². The lowest BCUT2D eigenvalue weighted by atomic mass is 9.93. The van der Waals surface area contributed by atoms with E-state index in [9.17, 15) is 9.65 Å². The van der Waals surface area contributed by atoms with E-state index in [2.05, 4.69) is 27.3 Å². The summed E-state index contributed by atoms with van der Waals surface area (Å²) in [6.45, 7) is 1.70. The first-order valence-corrected chi connectivity index (χ1v) is 7.02. The molecular weight excluding hydrogens is 343 g/mol. The maximum Gasteiger partial charge on any atom is 0.148 e. The first kappa shape index (κ1) is 14.8. The molecule has 2 aromatic carbocycles. The van der Waals surface area contributed by atoms with E-state index in [0.717, 1.165) is 10.2 Å². The van der Waals surface area contributed by atoms with Crippen molar-refractivity contribution < 1.29 is 4.39 Å². The van der Waals surface area contributed by atoms with Gasteiger partial charge in [-0.25, -0.2) is 4.39 Å². The maximum atomic E-state index is 13.3. The fourth-order valence-electron chi connectivity index (χ4n) is 1.83. The molecule has 0 aliphatic rings. The van der Waals surface area contributed by atoms with Crippen LogP contribution < -0.4 is 5.32 Å². The second kappa shape index (κ2) is 5.82. The van der Waals surface area contributed by atoms with Gasteiger partial charge in [0.15, 0.2) is 0 Å². The molecule has 0 aliphatic heterocycles. The third-order valence-corrected chi connectivity index (χ3v) is 4.15. The molecule has 0 aromatic heterocycles. The van der Waals surface area contributed by atoms with Crippen LogP contribution in [0.25, 0.3) is 0 Å². The van der Waals surface area contributed by atoms with Gasteiger partial charge in [0.25, 0.3) is 0 Å². The number of rotatable bonds is 3. The minimum atomic E-state index is -1.03. The highest BCUT2D eigenvalue weighted by molar-refractivity contribution is 9.10. The summed E-state index contributed by atoms with van der Waals surface area (Å²) in [7, 11) is 0. The normalized spacial score (nSPS) is 13.3. The number of hydrogen-bond acceptors (Lipinski definition) is 2. The molecule has 2 nitrogen and oxygen atoms in total. The largest absolute Gasteiger partial charge is 0.364 e. The molecule has 2 aromatic rings. The lowest BCUT2D eigenvalue weighted by molar-refractivity contribution is 0.615. The van der Waals surface area contributed by atoms with Gasteiger partial charge in [0.05, 0.1) is 11.1 Å². The Morgan fingerprint density at radius 1 is 1.30 bits per heavy atom. The van der Waals surface area contributed by atoms with Crippen LogP contribution in [0.4, 0.5) is 10.1 Å². The Kier molecular flexibility index (Phi) is 4.32. The second-order valence-corrected chi connectivity index (χ2v) is 5.76. The second-order valence-electron chi connectivity index (χ2n) is 4.50. The molecule has 1 N–H and O–H groups in total. The number of anilines is 1. The summed E-state index contributed by atoms with van der Waals surface area (Å²) in [6, 6.07) is 13.4. The highest BCUT2D eigenvalue weighted by atomic mass is 79.9. The molecule has 0 saturated heterocycles. The average molecular weight is 354 g/mol. The van der Waals surface area contributed by atoms with Crippen molar-refractivity contribution in [3.05, 3.63) is 63.3 Å². The van der Waals surface area contributed by atoms with Crippen LogP contribution in [0.1, 0.15) is 12.5 Å². The molecule has 0 heterocycles. The number of hydrogen-bond donors (Lipinski definition) is 1. The fourth-order valence-corrected chi connectivity index (χ4v) is 2.32. The van der Waals surface area contributed by atoms with Gasteiger partial charge < -0.3 is 5.32 Å². The zero-order valence-electron chi connectivity index (χ0n) is 10.6. The minimum Gasteiger partial charge on any atom is -0.364 e. The maximum absolute atomic E-state index is 13.3. The lowest BCUT2D eigenvalue weighted by Gasteiger charge is -2.25. The van der Waals surface area contributed by atoms with Crippen LogP contribution in [-0.2, 0) is 5.54 Å². The van der Waals surface area contributed by atoms with Gasteiger partial charge in [-0.1, -0.05) is 23.7 Å². The van der Waals surface area contributed by atoms with Crippen LogP contribution in [0.2, 0.25) is 5.02 Å². The highest BCUT2D eigenvalue weighted by Gasteiger charge is 2.26. The Labute approximate surface area is 130 Å². The third kappa shape index (κ3) is 3.12. The van der Waals surface area contributed by atoms with Crippen molar-refractivity contribution in [2.24, 2.45) is 0 Å². The van der Waals surface area contributed by atoms with E-state index in [-0.39, 0.29) is 5.82 Å². The highest BCUT2D eigenvalue weighted by Crippen LogP contribution is 2.30. The average Bonchev–Trinajstić information content (AvgIpc) is 2.43. The van der Waals surface area contributed by atoms with E-state index < -0.39 is 5.54 Å². The van der Waals surface area contributed by atoms with Crippen LogP contribution >= 0.6 is 27.5 Å². The van der Waals surface area contributed by atoms with Crippen molar-refractivity contribution in [2.45, 2.75) is 12.5 Å². The van der Waals surface area contributed by atoms with Gasteiger partial charge in [0, 0.05) is 10.2 Å². The predicted molar refractivity (Wildman–Crippen MR) is 82.1 cm³/mol. The molecule has 1 atom stereocenters. The van der Waals surface area contributed by atoms with Gasteiger partial charge in [-0.2, -0.15) is 5.26 Å². The summed E-state index contributed by atoms with van der Waals surface area (Å²) in [5, 5.41) is 13.1. The molecule has 0 aliphatic carbocycles. The molecule has 102 valence electrons. The molecule has 1 unspecified atom stereocenters. The number of halogens is 3. The Hall–Kier alpha value is -1.57. The molecule has 0 saturated carbocycles. The molecule has 0 bridgehead atoms. The van der Waals surface area contributed by atoms with Crippen molar-refractivity contribution in [3.63, 3.8) is 0 Å². The van der Waals surface area contributed by atoms with Crippen molar-refractivity contribution in [1.82, 2.24) is 0 Å². The smallest absolute Gasteiger partial charge is 0.148 e. The van der Waals surface area contributed by atoms with E-state index in [1.54, 1.807) is 37.3 Å². The minimum absolute atomic E-state index is 0.372. The standard InChI is InChI=1S/C15H11BrClFN2/c1-15(9-19,10-3-2-4-11(18)7-10)20-12-5-6-14(17)13(16)8-12/h2-8,20H,1H3. The fraction of sp³-hybridized carbons (Fsp3) is 0.133. The Bertz CT molecular complexity index is 684. The van der Waals surface area contributed by atoms with E-state index in [1.165, 1.54) is 12.1 Å². The van der Waals surface area contributed by atoms with Crippen molar-refractivity contribution in [1.29, 1.82) is 5.26 Å². The van der Waals surface area contributed by atoms with Crippen LogP contribution in [0.5, 0.6) is 0 Å². The molecular formula is C15H11BrClFN2. The van der Waals surface area contributed by atoms with Crippen LogP contribution in [-0.4, -0.2) is 0 Å². The predicted octanol–water partition coefficient (Wildman–Crippen LogP) is 5.09. The Morgan fingerprint density at radius 2 is 2.05 bits per heavy atom. The Morgan fingerprint density at radius 3 is 2.65 bits per heavy atom. The zero-order chi connectivity index (χ0) is 14.8. The van der Waals surface area contributed by atoms with Crippen molar-refractivity contribution in [2.75, 3.05) is 5.32 Å². The quantitative estimate of drug-likeness (QED) is 0.834. The van der Waals surface area contributed by atoms with Gasteiger partial charge in [-0.3, -0.25) is 0 Å². The number of benzene rings is 2. The monoisotopic (exact) mass is 352 g/mol. The van der Waals surface area contributed by atoms with Gasteiger partial charge >= 0.3 is 0 Å². The SMILES string of the molecule is CC(C#N)(Nc1ccc(Cl)c(Br)c1)c1cccc(F)c1. The molecule has 0 fully saturated rings. The molecule has 2 rings (SSSR count). The molecule has 20 heavy (non-hydrogen) atoms. The number of nitrogens with one attached hydrogen (secondary N) is 1. The zero-order valence-corrected chi connectivity index (χ0v) is 13.0.